The van der Waals surface area contributed by atoms with Crippen molar-refractivity contribution in [2.45, 2.75) is 45.2 Å². The summed E-state index contributed by atoms with van der Waals surface area (Å²) in [6.07, 6.45) is 3.74. The fraction of sp³-hybridized carbons (Fsp3) is 0.625. The van der Waals surface area contributed by atoms with Gasteiger partial charge in [-0.1, -0.05) is 37.3 Å². The van der Waals surface area contributed by atoms with Gasteiger partial charge >= 0.3 is 0 Å². The molecule has 2 rings (SSSR count). The molecule has 0 spiro atoms. The van der Waals surface area contributed by atoms with Crippen molar-refractivity contribution in [3.05, 3.63) is 35.9 Å². The molecule has 0 bridgehead atoms. The van der Waals surface area contributed by atoms with Crippen molar-refractivity contribution in [1.29, 1.82) is 0 Å². The van der Waals surface area contributed by atoms with Gasteiger partial charge in [-0.05, 0) is 50.8 Å². The quantitative estimate of drug-likeness (QED) is 0.884. The molecule has 1 aromatic carbocycles. The summed E-state index contributed by atoms with van der Waals surface area (Å²) in [6.45, 7) is 6.72. The first-order chi connectivity index (χ1) is 8.74. The molecule has 1 fully saturated rings. The minimum atomic E-state index is 0.494. The van der Waals surface area contributed by atoms with Crippen molar-refractivity contribution >= 4 is 0 Å². The predicted octanol–water partition coefficient (Wildman–Crippen LogP) is 3.20. The minimum absolute atomic E-state index is 0.494. The van der Waals surface area contributed by atoms with Gasteiger partial charge in [0.05, 0.1) is 0 Å². The summed E-state index contributed by atoms with van der Waals surface area (Å²) in [4.78, 5) is 2.66. The van der Waals surface area contributed by atoms with E-state index in [0.717, 1.165) is 18.9 Å². The second-order valence-corrected chi connectivity index (χ2v) is 5.60. The third-order valence-corrected chi connectivity index (χ3v) is 4.45. The molecule has 0 aromatic heterocycles. The maximum absolute atomic E-state index is 5.83. The van der Waals surface area contributed by atoms with Crippen LogP contribution in [0.2, 0.25) is 0 Å². The van der Waals surface area contributed by atoms with E-state index in [1.165, 1.54) is 24.9 Å². The summed E-state index contributed by atoms with van der Waals surface area (Å²) in [5, 5.41) is 0. The Morgan fingerprint density at radius 1 is 1.28 bits per heavy atom. The van der Waals surface area contributed by atoms with E-state index >= 15 is 0 Å². The Kier molecular flexibility index (Phi) is 4.79. The predicted molar refractivity (Wildman–Crippen MR) is 77.4 cm³/mol. The van der Waals surface area contributed by atoms with Crippen LogP contribution in [0.1, 0.15) is 44.7 Å². The Morgan fingerprint density at radius 3 is 2.67 bits per heavy atom. The highest BCUT2D eigenvalue weighted by Gasteiger charge is 2.30. The number of nitrogens with two attached hydrogens (primary N) is 1. The van der Waals surface area contributed by atoms with Gasteiger partial charge in [0.25, 0.3) is 0 Å². The van der Waals surface area contributed by atoms with Crippen molar-refractivity contribution in [3.63, 3.8) is 0 Å². The van der Waals surface area contributed by atoms with Gasteiger partial charge in [-0.25, -0.2) is 0 Å². The van der Waals surface area contributed by atoms with Crippen molar-refractivity contribution in [1.82, 2.24) is 4.90 Å². The summed E-state index contributed by atoms with van der Waals surface area (Å²) in [5.74, 6) is 0.794. The second kappa shape index (κ2) is 6.35. The van der Waals surface area contributed by atoms with Gasteiger partial charge in [0, 0.05) is 12.1 Å². The lowest BCUT2D eigenvalue weighted by Gasteiger charge is -2.43. The van der Waals surface area contributed by atoms with Crippen LogP contribution in [0.25, 0.3) is 0 Å². The third-order valence-electron chi connectivity index (χ3n) is 4.45. The van der Waals surface area contributed by atoms with Gasteiger partial charge in [-0.15, -0.1) is 0 Å². The number of rotatable bonds is 4. The minimum Gasteiger partial charge on any atom is -0.330 e. The topological polar surface area (TPSA) is 29.3 Å². The van der Waals surface area contributed by atoms with Crippen LogP contribution in [0, 0.1) is 5.92 Å². The lowest BCUT2D eigenvalue weighted by molar-refractivity contribution is 0.0644. The van der Waals surface area contributed by atoms with Crippen LogP contribution in [0.3, 0.4) is 0 Å². The smallest absolute Gasteiger partial charge is 0.0363 e. The van der Waals surface area contributed by atoms with Crippen molar-refractivity contribution in [2.75, 3.05) is 13.1 Å². The van der Waals surface area contributed by atoms with Crippen LogP contribution in [0.4, 0.5) is 0 Å². The highest BCUT2D eigenvalue weighted by molar-refractivity contribution is 5.19. The molecule has 1 aromatic rings. The Balaban J connectivity index is 2.19. The van der Waals surface area contributed by atoms with Gasteiger partial charge in [0.15, 0.2) is 0 Å². The summed E-state index contributed by atoms with van der Waals surface area (Å²) in [7, 11) is 0. The third kappa shape index (κ3) is 2.93. The summed E-state index contributed by atoms with van der Waals surface area (Å²) in [5.41, 5.74) is 7.25. The largest absolute Gasteiger partial charge is 0.330 e. The van der Waals surface area contributed by atoms with E-state index in [4.69, 9.17) is 5.73 Å². The second-order valence-electron chi connectivity index (χ2n) is 5.60. The molecule has 0 amide bonds. The molecular formula is C16H26N2. The molecular weight excluding hydrogens is 220 g/mol. The molecule has 1 aliphatic heterocycles. The van der Waals surface area contributed by atoms with Crippen LogP contribution in [-0.2, 0) is 0 Å². The summed E-state index contributed by atoms with van der Waals surface area (Å²) in [6, 6.07) is 12.0. The zero-order valence-electron chi connectivity index (χ0n) is 11.7. The normalized spacial score (nSPS) is 27.1. The lowest BCUT2D eigenvalue weighted by atomic mass is 9.88. The molecule has 1 aliphatic rings. The molecule has 0 aliphatic carbocycles. The molecule has 2 nitrogen and oxygen atoms in total. The number of hydrogen-bond acceptors (Lipinski definition) is 2. The molecule has 0 radical (unpaired) electrons. The van der Waals surface area contributed by atoms with Crippen LogP contribution in [0.15, 0.2) is 30.3 Å². The summed E-state index contributed by atoms with van der Waals surface area (Å²) >= 11 is 0. The lowest BCUT2D eigenvalue weighted by Crippen LogP contribution is -2.45. The van der Waals surface area contributed by atoms with Crippen LogP contribution >= 0.6 is 0 Å². The number of piperidine rings is 1. The molecule has 100 valence electrons. The van der Waals surface area contributed by atoms with Gasteiger partial charge in [-0.2, -0.15) is 0 Å². The van der Waals surface area contributed by atoms with Crippen molar-refractivity contribution < 1.29 is 0 Å². The van der Waals surface area contributed by atoms with Gasteiger partial charge in [0.1, 0.15) is 0 Å². The van der Waals surface area contributed by atoms with E-state index in [0.29, 0.717) is 12.1 Å². The SMILES string of the molecule is CC1CCCN(C(CCN)c2ccccc2)C1C. The van der Waals surface area contributed by atoms with E-state index in [2.05, 4.69) is 49.1 Å². The maximum atomic E-state index is 5.83. The fourth-order valence-corrected chi connectivity index (χ4v) is 3.16. The monoisotopic (exact) mass is 246 g/mol. The molecule has 0 saturated carbocycles. The molecule has 3 atom stereocenters. The zero-order chi connectivity index (χ0) is 13.0. The molecule has 18 heavy (non-hydrogen) atoms. The molecule has 2 N–H and O–H groups in total. The van der Waals surface area contributed by atoms with Gasteiger partial charge in [-0.3, -0.25) is 4.90 Å². The Labute approximate surface area is 111 Å². The van der Waals surface area contributed by atoms with E-state index in [1.807, 2.05) is 0 Å². The summed E-state index contributed by atoms with van der Waals surface area (Å²) < 4.78 is 0. The van der Waals surface area contributed by atoms with E-state index in [9.17, 15) is 0 Å². The van der Waals surface area contributed by atoms with Crippen LogP contribution in [-0.4, -0.2) is 24.0 Å². The van der Waals surface area contributed by atoms with Gasteiger partial charge < -0.3 is 5.73 Å². The molecule has 2 heteroatoms. The number of likely N-dealkylation sites (tertiary alicyclic amines) is 1. The maximum Gasteiger partial charge on any atom is 0.0363 e. The van der Waals surface area contributed by atoms with E-state index in [1.54, 1.807) is 0 Å². The van der Waals surface area contributed by atoms with Crippen molar-refractivity contribution in [3.8, 4) is 0 Å². The number of hydrogen-bond donors (Lipinski definition) is 1. The van der Waals surface area contributed by atoms with E-state index < -0.39 is 0 Å². The fourth-order valence-electron chi connectivity index (χ4n) is 3.16. The Bertz CT molecular complexity index is 349. The Morgan fingerprint density at radius 2 is 2.00 bits per heavy atom. The molecule has 3 unspecified atom stereocenters. The highest BCUT2D eigenvalue weighted by Crippen LogP contribution is 2.33. The van der Waals surface area contributed by atoms with E-state index in [-0.39, 0.29) is 0 Å². The standard InChI is InChI=1S/C16H26N2/c1-13-7-6-12-18(14(13)2)16(10-11-17)15-8-4-3-5-9-15/h3-5,8-9,13-14,16H,6-7,10-12,17H2,1-2H3. The average Bonchev–Trinajstić information content (AvgIpc) is 2.41. The molecule has 1 heterocycles. The average molecular weight is 246 g/mol. The molecule has 1 saturated heterocycles. The first kappa shape index (κ1) is 13.6. The first-order valence-corrected chi connectivity index (χ1v) is 7.24. The number of nitrogens with zero attached hydrogens (tertiary/aromatic N) is 1. The number of benzene rings is 1. The Hall–Kier alpha value is -0.860. The highest BCUT2D eigenvalue weighted by atomic mass is 15.2. The van der Waals surface area contributed by atoms with Gasteiger partial charge in [0.2, 0.25) is 0 Å². The zero-order valence-corrected chi connectivity index (χ0v) is 11.7. The first-order valence-electron chi connectivity index (χ1n) is 7.24. The van der Waals surface area contributed by atoms with Crippen LogP contribution < -0.4 is 5.73 Å². The van der Waals surface area contributed by atoms with Crippen LogP contribution in [0.5, 0.6) is 0 Å². The van der Waals surface area contributed by atoms with Crippen molar-refractivity contribution in [2.24, 2.45) is 11.7 Å².